The zero-order chi connectivity index (χ0) is 31.4. The number of anilines is 2. The van der Waals surface area contributed by atoms with E-state index in [-0.39, 0.29) is 49.1 Å². The van der Waals surface area contributed by atoms with E-state index in [9.17, 15) is 13.2 Å². The van der Waals surface area contributed by atoms with Crippen LogP contribution in [0.25, 0.3) is 11.3 Å². The topological polar surface area (TPSA) is 150 Å². The molecular weight excluding hydrogens is 580 g/mol. The van der Waals surface area contributed by atoms with Gasteiger partial charge in [-0.25, -0.2) is 19.7 Å². The maximum atomic E-state index is 13.6. The first-order chi connectivity index (χ1) is 21.0. The summed E-state index contributed by atoms with van der Waals surface area (Å²) in [5.41, 5.74) is 8.39. The highest BCUT2D eigenvalue weighted by molar-refractivity contribution is 7.90. The van der Waals surface area contributed by atoms with Crippen LogP contribution in [0.2, 0.25) is 0 Å². The minimum atomic E-state index is -4.37. The summed E-state index contributed by atoms with van der Waals surface area (Å²) in [6.07, 6.45) is 3.48. The molecule has 1 fully saturated rings. The molecular formula is C32H46N6O5S. The Bertz CT molecular complexity index is 1750. The molecule has 11 nitrogen and oxygen atoms in total. The number of hydrogen-bond donors (Lipinski definition) is 2. The van der Waals surface area contributed by atoms with Crippen molar-refractivity contribution in [2.75, 3.05) is 10.6 Å². The highest BCUT2D eigenvalue weighted by atomic mass is 32.2. The summed E-state index contributed by atoms with van der Waals surface area (Å²) in [6.45, 7) is 8.20. The van der Waals surface area contributed by atoms with Gasteiger partial charge in [0.1, 0.15) is 12.4 Å². The van der Waals surface area contributed by atoms with Crippen LogP contribution in [0.4, 0.5) is 11.6 Å². The van der Waals surface area contributed by atoms with Crippen molar-refractivity contribution in [1.82, 2.24) is 19.7 Å². The summed E-state index contributed by atoms with van der Waals surface area (Å²) in [7, 11) is -4.37. The Hall–Kier alpha value is -4.71. The lowest BCUT2D eigenvalue weighted by atomic mass is 10.1. The van der Waals surface area contributed by atoms with E-state index in [1.807, 2.05) is 50.2 Å². The van der Waals surface area contributed by atoms with E-state index in [1.54, 1.807) is 24.4 Å². The van der Waals surface area contributed by atoms with Gasteiger partial charge in [-0.2, -0.15) is 8.42 Å². The number of sulfonamides is 1. The fraction of sp³-hybridized carbons (Fsp3) is 0.312. The van der Waals surface area contributed by atoms with Gasteiger partial charge in [0.2, 0.25) is 5.88 Å². The van der Waals surface area contributed by atoms with Crippen molar-refractivity contribution in [1.29, 1.82) is 0 Å². The molecule has 0 spiro atoms. The molecule has 240 valence electrons. The highest BCUT2D eigenvalue weighted by Gasteiger charge is 2.33. The highest BCUT2D eigenvalue weighted by Crippen LogP contribution is 2.34. The van der Waals surface area contributed by atoms with Crippen LogP contribution in [-0.2, 0) is 16.6 Å². The van der Waals surface area contributed by atoms with E-state index in [2.05, 4.69) is 33.4 Å². The largest absolute Gasteiger partial charge is 0.485 e. The average Bonchev–Trinajstić information content (AvgIpc) is 3.33. The summed E-state index contributed by atoms with van der Waals surface area (Å²) in [4.78, 5) is 28.9. The van der Waals surface area contributed by atoms with E-state index in [0.717, 1.165) is 24.0 Å². The summed E-state index contributed by atoms with van der Waals surface area (Å²) in [6, 6.07) is 19.2. The summed E-state index contributed by atoms with van der Waals surface area (Å²) in [5, 5.41) is -0.403. The predicted octanol–water partition coefficient (Wildman–Crippen LogP) is 6.21. The maximum Gasteiger partial charge on any atom is 0.281 e. The van der Waals surface area contributed by atoms with Crippen molar-refractivity contribution in [2.45, 2.75) is 70.4 Å². The predicted molar refractivity (Wildman–Crippen MR) is 179 cm³/mol. The van der Waals surface area contributed by atoms with Crippen molar-refractivity contribution in [3.63, 3.8) is 0 Å². The molecule has 1 saturated heterocycles. The normalized spacial score (nSPS) is 16.6. The number of benzene rings is 1. The fourth-order valence-electron chi connectivity index (χ4n) is 5.12. The molecule has 1 aromatic carbocycles. The van der Waals surface area contributed by atoms with Gasteiger partial charge in [-0.15, -0.1) is 0 Å². The van der Waals surface area contributed by atoms with Gasteiger partial charge in [-0.05, 0) is 76.4 Å². The van der Waals surface area contributed by atoms with Gasteiger partial charge < -0.3 is 20.1 Å². The number of carbonyl (C=O) groups excluding carboxylic acids is 1. The van der Waals surface area contributed by atoms with E-state index in [0.29, 0.717) is 17.4 Å². The third kappa shape index (κ3) is 6.91. The number of nitrogen functional groups attached to an aromatic ring is 1. The van der Waals surface area contributed by atoms with Crippen molar-refractivity contribution in [2.24, 2.45) is 0 Å². The Kier molecular flexibility index (Phi) is 9.00. The molecule has 0 unspecified atom stereocenters. The summed E-state index contributed by atoms with van der Waals surface area (Å²) >= 11 is 0. The van der Waals surface area contributed by atoms with Gasteiger partial charge in [-0.1, -0.05) is 30.3 Å². The molecule has 1 aliphatic heterocycles. The number of nitrogens with one attached hydrogen (secondary N) is 1. The Morgan fingerprint density at radius 3 is 2.39 bits per heavy atom. The van der Waals surface area contributed by atoms with E-state index in [4.69, 9.17) is 20.2 Å². The van der Waals surface area contributed by atoms with E-state index >= 15 is 0 Å². The SMILES string of the molecule is CC(C)Oc1ccc(-c2ccc(C(=O)NS(=O)(=O)c3ccc(OCc4ccccc4)c(N)n3)c(N3[C@H](C)CC[C@@H]3C)n2)cn1.[HH].[HH].[HH].[HH].[HH]. The molecule has 2 atom stereocenters. The molecule has 4 heterocycles. The molecule has 0 bridgehead atoms. The number of carbonyl (C=O) groups is 1. The second kappa shape index (κ2) is 12.9. The third-order valence-electron chi connectivity index (χ3n) is 7.30. The average molecular weight is 627 g/mol. The van der Waals surface area contributed by atoms with Gasteiger partial charge in [0.05, 0.1) is 17.4 Å². The number of ether oxygens (including phenoxy) is 2. The number of nitrogens with zero attached hydrogens (tertiary/aromatic N) is 4. The van der Waals surface area contributed by atoms with Gasteiger partial charge in [0.25, 0.3) is 15.9 Å². The maximum absolute atomic E-state index is 13.6. The molecule has 1 amide bonds. The first-order valence-electron chi connectivity index (χ1n) is 14.4. The lowest BCUT2D eigenvalue weighted by molar-refractivity contribution is 0.0981. The number of amides is 1. The van der Waals surface area contributed by atoms with Crippen molar-refractivity contribution >= 4 is 27.6 Å². The molecule has 0 aliphatic carbocycles. The molecule has 0 radical (unpaired) electrons. The molecule has 5 rings (SSSR count). The minimum Gasteiger partial charge on any atom is -0.485 e. The fourth-order valence-corrected chi connectivity index (χ4v) is 6.04. The van der Waals surface area contributed by atoms with Crippen LogP contribution in [0.5, 0.6) is 11.6 Å². The standard InChI is InChI=1S/C32H36N6O5S.5H2/c1-20(2)43-28-16-12-24(18-34-28)26-14-13-25(31(35-26)38-21(3)10-11-22(38)4)32(39)37-44(40,41)29-17-15-27(30(33)36-29)42-19-23-8-6-5-7-9-23;;;;;/h5-9,12-18,20-22H,10-11,19H2,1-4H3,(H2,33,36)(H,37,39);5*1H/t21-,22+;;;;;. The number of rotatable bonds is 10. The van der Waals surface area contributed by atoms with Gasteiger partial charge in [-0.3, -0.25) is 4.79 Å². The van der Waals surface area contributed by atoms with Crippen molar-refractivity contribution < 1.29 is 29.8 Å². The van der Waals surface area contributed by atoms with Crippen LogP contribution in [0.15, 0.2) is 78.0 Å². The molecule has 44 heavy (non-hydrogen) atoms. The van der Waals surface area contributed by atoms with Gasteiger partial charge in [0, 0.05) is 37.0 Å². The van der Waals surface area contributed by atoms with Crippen molar-refractivity contribution in [3.05, 3.63) is 84.1 Å². The molecule has 12 heteroatoms. The quantitative estimate of drug-likeness (QED) is 0.208. The lowest BCUT2D eigenvalue weighted by Gasteiger charge is -2.29. The number of nitrogens with two attached hydrogens (primary N) is 1. The molecule has 3 N–H and O–H groups in total. The second-order valence-electron chi connectivity index (χ2n) is 11.0. The zero-order valence-electron chi connectivity index (χ0n) is 25.1. The lowest BCUT2D eigenvalue weighted by Crippen LogP contribution is -2.37. The zero-order valence-corrected chi connectivity index (χ0v) is 25.9. The van der Waals surface area contributed by atoms with Crippen LogP contribution in [0, 0.1) is 0 Å². The van der Waals surface area contributed by atoms with Crippen LogP contribution >= 0.6 is 0 Å². The Morgan fingerprint density at radius 2 is 1.75 bits per heavy atom. The number of pyridine rings is 3. The second-order valence-corrected chi connectivity index (χ2v) is 12.7. The molecule has 4 aromatic rings. The van der Waals surface area contributed by atoms with Gasteiger partial charge in [0.15, 0.2) is 16.6 Å². The third-order valence-corrected chi connectivity index (χ3v) is 8.54. The van der Waals surface area contributed by atoms with Crippen LogP contribution in [0.3, 0.4) is 0 Å². The van der Waals surface area contributed by atoms with Crippen LogP contribution < -0.4 is 24.8 Å². The monoisotopic (exact) mass is 626 g/mol. The molecule has 3 aromatic heterocycles. The smallest absolute Gasteiger partial charge is 0.281 e. The molecule has 0 saturated carbocycles. The van der Waals surface area contributed by atoms with Gasteiger partial charge >= 0.3 is 0 Å². The van der Waals surface area contributed by atoms with E-state index < -0.39 is 21.0 Å². The number of aromatic nitrogens is 3. The number of hydrogen-bond acceptors (Lipinski definition) is 10. The minimum absolute atomic E-state index is 0. The first-order valence-corrected chi connectivity index (χ1v) is 15.9. The molecule has 1 aliphatic rings. The summed E-state index contributed by atoms with van der Waals surface area (Å²) < 4.78 is 40.1. The van der Waals surface area contributed by atoms with Crippen LogP contribution in [0.1, 0.15) is 63.6 Å². The Labute approximate surface area is 264 Å². The Balaban J connectivity index is 0.00000461. The van der Waals surface area contributed by atoms with Crippen LogP contribution in [-0.4, -0.2) is 47.5 Å². The Morgan fingerprint density at radius 1 is 1.02 bits per heavy atom. The van der Waals surface area contributed by atoms with Crippen molar-refractivity contribution in [3.8, 4) is 22.9 Å². The summed E-state index contributed by atoms with van der Waals surface area (Å²) in [5.74, 6) is 0.191. The first kappa shape index (κ1) is 30.7. The van der Waals surface area contributed by atoms with E-state index in [1.165, 1.54) is 12.1 Å².